The van der Waals surface area contributed by atoms with Gasteiger partial charge in [-0.25, -0.2) is 0 Å². The molecule has 1 fully saturated rings. The van der Waals surface area contributed by atoms with Crippen LogP contribution in [-0.4, -0.2) is 31.1 Å². The van der Waals surface area contributed by atoms with Crippen LogP contribution in [0.1, 0.15) is 43.7 Å². The highest BCUT2D eigenvalue weighted by atomic mass is 15.2. The summed E-state index contributed by atoms with van der Waals surface area (Å²) in [6, 6.07) is 10.0. The Morgan fingerprint density at radius 3 is 2.44 bits per heavy atom. The third kappa shape index (κ3) is 3.56. The number of likely N-dealkylation sites (N-methyl/N-ethyl adjacent to an activating group) is 1. The lowest BCUT2D eigenvalue weighted by Gasteiger charge is -2.20. The minimum absolute atomic E-state index is 0.592. The number of benzene rings is 1. The van der Waals surface area contributed by atoms with Gasteiger partial charge in [-0.15, -0.1) is 0 Å². The van der Waals surface area contributed by atoms with Gasteiger partial charge >= 0.3 is 0 Å². The van der Waals surface area contributed by atoms with E-state index in [4.69, 9.17) is 0 Å². The summed E-state index contributed by atoms with van der Waals surface area (Å²) in [4.78, 5) is 2.59. The molecule has 1 aliphatic rings. The van der Waals surface area contributed by atoms with Crippen LogP contribution in [0.2, 0.25) is 0 Å². The fourth-order valence-corrected chi connectivity index (χ4v) is 2.55. The van der Waals surface area contributed by atoms with Gasteiger partial charge in [0.15, 0.2) is 0 Å². The van der Waals surface area contributed by atoms with Crippen LogP contribution in [0.3, 0.4) is 0 Å². The summed E-state index contributed by atoms with van der Waals surface area (Å²) in [7, 11) is 2.01. The standard InChI is InChI=1S/C16H26N2/c1-4-18(16-9-10-16)12-14-5-7-15(8-6-14)13(2)11-17-3/h5-8,13,16-17H,4,9-12H2,1-3H3. The number of hydrogen-bond donors (Lipinski definition) is 1. The third-order valence-corrected chi connectivity index (χ3v) is 3.91. The highest BCUT2D eigenvalue weighted by Gasteiger charge is 2.27. The average molecular weight is 246 g/mol. The average Bonchev–Trinajstić information content (AvgIpc) is 3.21. The molecule has 1 aliphatic carbocycles. The fourth-order valence-electron chi connectivity index (χ4n) is 2.55. The molecule has 0 radical (unpaired) electrons. The Bertz CT molecular complexity index is 354. The molecule has 2 rings (SSSR count). The largest absolute Gasteiger partial charge is 0.319 e. The van der Waals surface area contributed by atoms with Gasteiger partial charge in [0.05, 0.1) is 0 Å². The molecule has 1 aromatic rings. The molecule has 1 aromatic carbocycles. The lowest BCUT2D eigenvalue weighted by atomic mass is 10.00. The van der Waals surface area contributed by atoms with Crippen molar-refractivity contribution in [3.63, 3.8) is 0 Å². The van der Waals surface area contributed by atoms with E-state index in [-0.39, 0.29) is 0 Å². The Morgan fingerprint density at radius 2 is 1.94 bits per heavy atom. The molecule has 1 unspecified atom stereocenters. The monoisotopic (exact) mass is 246 g/mol. The molecule has 0 saturated heterocycles. The summed E-state index contributed by atoms with van der Waals surface area (Å²) in [5.41, 5.74) is 2.88. The van der Waals surface area contributed by atoms with E-state index in [0.717, 1.165) is 19.1 Å². The van der Waals surface area contributed by atoms with Crippen LogP contribution in [0.4, 0.5) is 0 Å². The molecule has 2 heteroatoms. The zero-order chi connectivity index (χ0) is 13.0. The van der Waals surface area contributed by atoms with Crippen LogP contribution in [0, 0.1) is 0 Å². The normalized spacial score (nSPS) is 17.1. The van der Waals surface area contributed by atoms with E-state index in [0.29, 0.717) is 5.92 Å². The minimum Gasteiger partial charge on any atom is -0.319 e. The molecular formula is C16H26N2. The maximum Gasteiger partial charge on any atom is 0.0236 e. The Kier molecular flexibility index (Phi) is 4.79. The predicted molar refractivity (Wildman–Crippen MR) is 77.9 cm³/mol. The highest BCUT2D eigenvalue weighted by Crippen LogP contribution is 2.28. The molecule has 0 aromatic heterocycles. The van der Waals surface area contributed by atoms with Crippen molar-refractivity contribution in [3.05, 3.63) is 35.4 Å². The Morgan fingerprint density at radius 1 is 1.28 bits per heavy atom. The van der Waals surface area contributed by atoms with Gasteiger partial charge < -0.3 is 5.32 Å². The number of nitrogens with zero attached hydrogens (tertiary/aromatic N) is 1. The van der Waals surface area contributed by atoms with Crippen LogP contribution in [-0.2, 0) is 6.54 Å². The second kappa shape index (κ2) is 6.35. The summed E-state index contributed by atoms with van der Waals surface area (Å²) in [5.74, 6) is 0.592. The van der Waals surface area contributed by atoms with Gasteiger partial charge in [0, 0.05) is 19.1 Å². The predicted octanol–water partition coefficient (Wildman–Crippen LogP) is 2.99. The van der Waals surface area contributed by atoms with Gasteiger partial charge in [0.2, 0.25) is 0 Å². The summed E-state index contributed by atoms with van der Waals surface area (Å²) in [6.07, 6.45) is 2.79. The highest BCUT2D eigenvalue weighted by molar-refractivity contribution is 5.25. The van der Waals surface area contributed by atoms with E-state index in [9.17, 15) is 0 Å². The van der Waals surface area contributed by atoms with Gasteiger partial charge in [0.1, 0.15) is 0 Å². The minimum atomic E-state index is 0.592. The molecular weight excluding hydrogens is 220 g/mol. The topological polar surface area (TPSA) is 15.3 Å². The van der Waals surface area contributed by atoms with E-state index >= 15 is 0 Å². The fraction of sp³-hybridized carbons (Fsp3) is 0.625. The molecule has 0 bridgehead atoms. The smallest absolute Gasteiger partial charge is 0.0236 e. The van der Waals surface area contributed by atoms with Crippen molar-refractivity contribution in [2.45, 2.75) is 45.2 Å². The number of rotatable bonds is 7. The van der Waals surface area contributed by atoms with Crippen LogP contribution in [0.25, 0.3) is 0 Å². The summed E-state index contributed by atoms with van der Waals surface area (Å²) >= 11 is 0. The van der Waals surface area contributed by atoms with Crippen molar-refractivity contribution >= 4 is 0 Å². The van der Waals surface area contributed by atoms with Crippen molar-refractivity contribution in [1.29, 1.82) is 0 Å². The van der Waals surface area contributed by atoms with E-state index < -0.39 is 0 Å². The molecule has 0 spiro atoms. The molecule has 1 N–H and O–H groups in total. The zero-order valence-corrected chi connectivity index (χ0v) is 11.9. The Hall–Kier alpha value is -0.860. The molecule has 18 heavy (non-hydrogen) atoms. The molecule has 100 valence electrons. The Labute approximate surface area is 111 Å². The summed E-state index contributed by atoms with van der Waals surface area (Å²) in [6.45, 7) is 7.86. The van der Waals surface area contributed by atoms with Crippen molar-refractivity contribution in [2.24, 2.45) is 0 Å². The van der Waals surface area contributed by atoms with Gasteiger partial charge in [0.25, 0.3) is 0 Å². The van der Waals surface area contributed by atoms with E-state index in [1.165, 1.54) is 30.5 Å². The SMILES string of the molecule is CCN(Cc1ccc(C(C)CNC)cc1)C1CC1. The van der Waals surface area contributed by atoms with E-state index in [1.807, 2.05) is 7.05 Å². The first-order valence-corrected chi connectivity index (χ1v) is 7.22. The van der Waals surface area contributed by atoms with Gasteiger partial charge in [-0.05, 0) is 43.5 Å². The Balaban J connectivity index is 1.94. The maximum atomic E-state index is 3.24. The number of nitrogens with one attached hydrogen (secondary N) is 1. The lowest BCUT2D eigenvalue weighted by Crippen LogP contribution is -2.25. The van der Waals surface area contributed by atoms with Gasteiger partial charge in [-0.1, -0.05) is 38.1 Å². The zero-order valence-electron chi connectivity index (χ0n) is 11.9. The first-order valence-electron chi connectivity index (χ1n) is 7.22. The van der Waals surface area contributed by atoms with E-state index in [2.05, 4.69) is 48.3 Å². The molecule has 0 amide bonds. The first-order chi connectivity index (χ1) is 8.74. The van der Waals surface area contributed by atoms with Crippen LogP contribution >= 0.6 is 0 Å². The maximum absolute atomic E-state index is 3.24. The van der Waals surface area contributed by atoms with Crippen molar-refractivity contribution in [1.82, 2.24) is 10.2 Å². The quantitative estimate of drug-likeness (QED) is 0.795. The lowest BCUT2D eigenvalue weighted by molar-refractivity contribution is 0.269. The third-order valence-electron chi connectivity index (χ3n) is 3.91. The van der Waals surface area contributed by atoms with Crippen molar-refractivity contribution in [3.8, 4) is 0 Å². The molecule has 0 heterocycles. The van der Waals surface area contributed by atoms with Crippen molar-refractivity contribution < 1.29 is 0 Å². The van der Waals surface area contributed by atoms with Gasteiger partial charge in [-0.2, -0.15) is 0 Å². The van der Waals surface area contributed by atoms with Crippen LogP contribution in [0.5, 0.6) is 0 Å². The summed E-state index contributed by atoms with van der Waals surface area (Å²) < 4.78 is 0. The molecule has 1 saturated carbocycles. The van der Waals surface area contributed by atoms with E-state index in [1.54, 1.807) is 0 Å². The molecule has 0 aliphatic heterocycles. The molecule has 2 nitrogen and oxygen atoms in total. The first kappa shape index (κ1) is 13.6. The van der Waals surface area contributed by atoms with Crippen LogP contribution in [0.15, 0.2) is 24.3 Å². The summed E-state index contributed by atoms with van der Waals surface area (Å²) in [5, 5.41) is 3.24. The second-order valence-electron chi connectivity index (χ2n) is 5.49. The van der Waals surface area contributed by atoms with Crippen LogP contribution < -0.4 is 5.32 Å². The van der Waals surface area contributed by atoms with Gasteiger partial charge in [-0.3, -0.25) is 4.90 Å². The number of hydrogen-bond acceptors (Lipinski definition) is 2. The van der Waals surface area contributed by atoms with Crippen molar-refractivity contribution in [2.75, 3.05) is 20.1 Å². The molecule has 1 atom stereocenters. The second-order valence-corrected chi connectivity index (χ2v) is 5.49.